The van der Waals surface area contributed by atoms with Crippen molar-refractivity contribution in [3.05, 3.63) is 18.6 Å². The number of amides is 1. The van der Waals surface area contributed by atoms with Gasteiger partial charge in [-0.3, -0.25) is 14.6 Å². The predicted octanol–water partition coefficient (Wildman–Crippen LogP) is 2.23. The highest BCUT2D eigenvalue weighted by Crippen LogP contribution is 2.25. The fraction of sp³-hybridized carbons (Fsp3) is 0.684. The molecule has 142 valence electrons. The van der Waals surface area contributed by atoms with Gasteiger partial charge in [-0.25, -0.2) is 4.98 Å². The molecule has 1 aromatic heterocycles. The van der Waals surface area contributed by atoms with E-state index in [0.29, 0.717) is 6.42 Å². The molecular weight excluding hydrogens is 332 g/mol. The molecule has 0 aromatic carbocycles. The van der Waals surface area contributed by atoms with Gasteiger partial charge in [0.25, 0.3) is 0 Å². The molecule has 1 aromatic rings. The first-order chi connectivity index (χ1) is 12.6. The molecule has 2 N–H and O–H groups in total. The van der Waals surface area contributed by atoms with E-state index in [1.807, 2.05) is 0 Å². The van der Waals surface area contributed by atoms with Crippen LogP contribution in [-0.4, -0.2) is 46.1 Å². The second-order valence-corrected chi connectivity index (χ2v) is 7.38. The molecule has 1 amide bonds. The Hall–Kier alpha value is -2.18. The van der Waals surface area contributed by atoms with Gasteiger partial charge >= 0.3 is 5.97 Å². The van der Waals surface area contributed by atoms with Gasteiger partial charge in [-0.2, -0.15) is 0 Å². The van der Waals surface area contributed by atoms with Crippen LogP contribution in [0.5, 0.6) is 0 Å². The first-order valence-electron chi connectivity index (χ1n) is 9.69. The quantitative estimate of drug-likeness (QED) is 0.855. The van der Waals surface area contributed by atoms with Crippen molar-refractivity contribution >= 4 is 17.7 Å². The fourth-order valence-electron chi connectivity index (χ4n) is 4.08. The zero-order valence-electron chi connectivity index (χ0n) is 15.1. The maximum atomic E-state index is 12.7. The van der Waals surface area contributed by atoms with E-state index in [0.717, 1.165) is 63.9 Å². The van der Waals surface area contributed by atoms with Crippen molar-refractivity contribution in [2.45, 2.75) is 57.4 Å². The number of hydrogen-bond acceptors (Lipinski definition) is 5. The van der Waals surface area contributed by atoms with Gasteiger partial charge in [0.2, 0.25) is 5.91 Å². The van der Waals surface area contributed by atoms with Crippen LogP contribution in [0.4, 0.5) is 5.82 Å². The molecular formula is C19H28N4O3. The summed E-state index contributed by atoms with van der Waals surface area (Å²) in [6.07, 6.45) is 12.1. The maximum absolute atomic E-state index is 12.7. The van der Waals surface area contributed by atoms with E-state index in [-0.39, 0.29) is 17.9 Å². The van der Waals surface area contributed by atoms with E-state index >= 15 is 0 Å². The highest BCUT2D eigenvalue weighted by molar-refractivity contribution is 5.80. The summed E-state index contributed by atoms with van der Waals surface area (Å²) >= 11 is 0. The number of piperidine rings is 1. The number of nitrogens with zero attached hydrogens (tertiary/aromatic N) is 3. The zero-order chi connectivity index (χ0) is 18.4. The molecule has 7 heteroatoms. The average molecular weight is 360 g/mol. The van der Waals surface area contributed by atoms with Crippen LogP contribution in [0.25, 0.3) is 0 Å². The lowest BCUT2D eigenvalue weighted by atomic mass is 9.86. The monoisotopic (exact) mass is 360 g/mol. The van der Waals surface area contributed by atoms with Crippen LogP contribution >= 0.6 is 0 Å². The van der Waals surface area contributed by atoms with Crippen LogP contribution in [0, 0.1) is 11.8 Å². The molecule has 2 unspecified atom stereocenters. The van der Waals surface area contributed by atoms with Gasteiger partial charge < -0.3 is 15.3 Å². The molecule has 2 aliphatic rings. The largest absolute Gasteiger partial charge is 0.481 e. The Bertz CT molecular complexity index is 602. The number of aliphatic carboxylic acids is 1. The molecule has 0 spiro atoms. The second kappa shape index (κ2) is 8.96. The smallest absolute Gasteiger partial charge is 0.308 e. The number of rotatable bonds is 4. The molecule has 1 saturated heterocycles. The number of aromatic nitrogens is 2. The predicted molar refractivity (Wildman–Crippen MR) is 97.7 cm³/mol. The van der Waals surface area contributed by atoms with Crippen LogP contribution in [0.2, 0.25) is 0 Å². The van der Waals surface area contributed by atoms with Gasteiger partial charge in [-0.1, -0.05) is 25.7 Å². The lowest BCUT2D eigenvalue weighted by Gasteiger charge is -2.34. The highest BCUT2D eigenvalue weighted by atomic mass is 16.4. The minimum Gasteiger partial charge on any atom is -0.481 e. The van der Waals surface area contributed by atoms with E-state index in [2.05, 4.69) is 20.2 Å². The molecule has 1 aliphatic carbocycles. The second-order valence-electron chi connectivity index (χ2n) is 7.38. The molecule has 3 rings (SSSR count). The summed E-state index contributed by atoms with van der Waals surface area (Å²) in [5.41, 5.74) is 0. The van der Waals surface area contributed by atoms with Crippen LogP contribution in [0.1, 0.15) is 51.4 Å². The topological polar surface area (TPSA) is 95.4 Å². The van der Waals surface area contributed by atoms with Crippen molar-refractivity contribution < 1.29 is 14.7 Å². The van der Waals surface area contributed by atoms with Gasteiger partial charge in [0, 0.05) is 37.4 Å². The fourth-order valence-corrected chi connectivity index (χ4v) is 4.08. The molecule has 2 fully saturated rings. The molecule has 2 heterocycles. The number of carboxylic acids is 1. The van der Waals surface area contributed by atoms with E-state index in [9.17, 15) is 14.7 Å². The molecule has 0 bridgehead atoms. The number of carbonyl (C=O) groups excluding carboxylic acids is 1. The summed E-state index contributed by atoms with van der Waals surface area (Å²) in [7, 11) is 0. The lowest BCUT2D eigenvalue weighted by molar-refractivity contribution is -0.143. The molecule has 0 radical (unpaired) electrons. The number of hydrogen-bond donors (Lipinski definition) is 2. The minimum atomic E-state index is -0.783. The summed E-state index contributed by atoms with van der Waals surface area (Å²) < 4.78 is 0. The summed E-state index contributed by atoms with van der Waals surface area (Å²) in [6.45, 7) is 1.54. The summed E-state index contributed by atoms with van der Waals surface area (Å²) in [5.74, 6) is -0.436. The Morgan fingerprint density at radius 3 is 2.42 bits per heavy atom. The van der Waals surface area contributed by atoms with Gasteiger partial charge in [-0.05, 0) is 25.7 Å². The average Bonchev–Trinajstić information content (AvgIpc) is 2.64. The highest BCUT2D eigenvalue weighted by Gasteiger charge is 2.33. The zero-order valence-corrected chi connectivity index (χ0v) is 15.1. The number of nitrogens with one attached hydrogen (secondary N) is 1. The van der Waals surface area contributed by atoms with Crippen LogP contribution in [0.3, 0.4) is 0 Å². The van der Waals surface area contributed by atoms with Crippen LogP contribution in [0.15, 0.2) is 18.6 Å². The Labute approximate surface area is 154 Å². The molecule has 1 aliphatic heterocycles. The summed E-state index contributed by atoms with van der Waals surface area (Å²) in [5, 5.41) is 12.6. The molecule has 1 saturated carbocycles. The summed E-state index contributed by atoms with van der Waals surface area (Å²) in [4.78, 5) is 34.9. The van der Waals surface area contributed by atoms with Crippen molar-refractivity contribution in [1.82, 2.24) is 15.3 Å². The van der Waals surface area contributed by atoms with E-state index < -0.39 is 11.9 Å². The molecule has 7 nitrogen and oxygen atoms in total. The first-order valence-corrected chi connectivity index (χ1v) is 9.69. The molecule has 2 atom stereocenters. The minimum absolute atomic E-state index is 0.0145. The Kier molecular flexibility index (Phi) is 6.41. The first kappa shape index (κ1) is 18.6. The Balaban J connectivity index is 1.55. The van der Waals surface area contributed by atoms with Crippen LogP contribution in [-0.2, 0) is 9.59 Å². The maximum Gasteiger partial charge on any atom is 0.308 e. The Morgan fingerprint density at radius 2 is 1.77 bits per heavy atom. The third-order valence-electron chi connectivity index (χ3n) is 5.65. The van der Waals surface area contributed by atoms with Crippen molar-refractivity contribution in [3.63, 3.8) is 0 Å². The number of anilines is 1. The number of carbonyl (C=O) groups is 2. The summed E-state index contributed by atoms with van der Waals surface area (Å²) in [6, 6.07) is -0.238. The van der Waals surface area contributed by atoms with Crippen molar-refractivity contribution in [2.24, 2.45) is 11.8 Å². The third kappa shape index (κ3) is 4.71. The Morgan fingerprint density at radius 1 is 1.04 bits per heavy atom. The van der Waals surface area contributed by atoms with Crippen molar-refractivity contribution in [3.8, 4) is 0 Å². The van der Waals surface area contributed by atoms with Crippen molar-refractivity contribution in [1.29, 1.82) is 0 Å². The van der Waals surface area contributed by atoms with E-state index in [1.54, 1.807) is 18.6 Å². The van der Waals surface area contributed by atoms with Gasteiger partial charge in [0.1, 0.15) is 5.82 Å². The molecule has 26 heavy (non-hydrogen) atoms. The third-order valence-corrected chi connectivity index (χ3v) is 5.65. The normalized spacial score (nSPS) is 25.2. The SMILES string of the molecule is O=C(NC1CCCCCCC1C(=O)O)C1CCN(c2cnccn2)CC1. The van der Waals surface area contributed by atoms with E-state index in [1.165, 1.54) is 0 Å². The van der Waals surface area contributed by atoms with E-state index in [4.69, 9.17) is 0 Å². The lowest BCUT2D eigenvalue weighted by Crippen LogP contribution is -2.48. The standard InChI is InChI=1S/C19H28N4O3/c24-18(22-16-6-4-2-1-3-5-15(16)19(25)26)14-7-11-23(12-8-14)17-13-20-9-10-21-17/h9-10,13-16H,1-8,11-12H2,(H,22,24)(H,25,26). The van der Waals surface area contributed by atoms with Crippen molar-refractivity contribution in [2.75, 3.05) is 18.0 Å². The van der Waals surface area contributed by atoms with Crippen LogP contribution < -0.4 is 10.2 Å². The van der Waals surface area contributed by atoms with Gasteiger partial charge in [0.15, 0.2) is 0 Å². The number of carboxylic acid groups (broad SMARTS) is 1. The van der Waals surface area contributed by atoms with Gasteiger partial charge in [0.05, 0.1) is 12.1 Å². The van der Waals surface area contributed by atoms with Gasteiger partial charge in [-0.15, -0.1) is 0 Å².